The van der Waals surface area contributed by atoms with Crippen LogP contribution in [0.3, 0.4) is 0 Å². The Morgan fingerprint density at radius 1 is 0.714 bits per heavy atom. The van der Waals surface area contributed by atoms with E-state index in [4.69, 9.17) is 8.94 Å². The van der Waals surface area contributed by atoms with E-state index >= 15 is 0 Å². The first-order valence-corrected chi connectivity index (χ1v) is 7.62. The minimum absolute atomic E-state index is 0. The zero-order valence-corrected chi connectivity index (χ0v) is 7.30. The zero-order chi connectivity index (χ0) is 4.50. The molecule has 44 valence electrons. The molecule has 0 saturated heterocycles. The predicted octanol–water partition coefficient (Wildman–Crippen LogP) is -2.12. The van der Waals surface area contributed by atoms with Crippen molar-refractivity contribution in [2.75, 3.05) is 0 Å². The van der Waals surface area contributed by atoms with Crippen molar-refractivity contribution in [3.05, 3.63) is 0 Å². The third-order valence-electron chi connectivity index (χ3n) is 0. The Labute approximate surface area is 44.6 Å². The van der Waals surface area contributed by atoms with Crippen LogP contribution in [0.25, 0.3) is 0 Å². The van der Waals surface area contributed by atoms with Crippen molar-refractivity contribution in [3.63, 3.8) is 0 Å². The average molecular weight is 338 g/mol. The van der Waals surface area contributed by atoms with Crippen LogP contribution >= 0.6 is 0 Å². The van der Waals surface area contributed by atoms with Crippen LogP contribution in [-0.4, -0.2) is 11.0 Å². The van der Waals surface area contributed by atoms with Crippen molar-refractivity contribution >= 4 is 0 Å². The van der Waals surface area contributed by atoms with Crippen LogP contribution in [-0.2, 0) is 8.94 Å². The van der Waals surface area contributed by atoms with Crippen molar-refractivity contribution in [1.29, 1.82) is 0 Å². The Balaban J connectivity index is -0.0000000800. The Bertz CT molecular complexity index is 155. The summed E-state index contributed by atoms with van der Waals surface area (Å²) in [4.78, 5) is 0. The van der Waals surface area contributed by atoms with Gasteiger partial charge in [0.15, 0.2) is 0 Å². The number of hydrogen-bond donors (Lipinski definition) is 0. The first-order chi connectivity index (χ1) is 2.00. The van der Waals surface area contributed by atoms with Crippen LogP contribution in [0.4, 0.5) is 0 Å². The fourth-order valence-corrected chi connectivity index (χ4v) is 0. The molecule has 0 heterocycles. The second kappa shape index (κ2) is 4.33. The molecule has 0 aliphatic carbocycles. The van der Waals surface area contributed by atoms with Gasteiger partial charge in [0.1, 0.15) is 0 Å². The average Bonchev–Trinajstić information content (AvgIpc) is 0.722. The summed E-state index contributed by atoms with van der Waals surface area (Å²) in [5.41, 5.74) is 0. The monoisotopic (exact) mass is 338 g/mol. The molecule has 7 heteroatoms. The van der Waals surface area contributed by atoms with Gasteiger partial charge in [-0.2, -0.15) is 0 Å². The van der Waals surface area contributed by atoms with Gasteiger partial charge in [0.25, 0.3) is 0 Å². The molecule has 6 nitrogen and oxygen atoms in total. The maximum atomic E-state index is 8.67. The van der Waals surface area contributed by atoms with Crippen molar-refractivity contribution < 1.29 is 44.4 Å². The van der Waals surface area contributed by atoms with Crippen LogP contribution < -0.4 is 0 Å². The molecule has 0 aliphatic rings. The molecule has 0 fully saturated rings. The molecule has 0 saturated carbocycles. The van der Waals surface area contributed by atoms with Gasteiger partial charge in [-0.25, -0.2) is 0 Å². The summed E-state index contributed by atoms with van der Waals surface area (Å²) in [5.74, 6) is 0. The molecular weight excluding hydrogens is 334 g/mol. The predicted molar refractivity (Wildman–Crippen MR) is 9.97 cm³/mol. The minimum atomic E-state index is -6.34. The third-order valence-corrected chi connectivity index (χ3v) is 0. The molecule has 7 heavy (non-hydrogen) atoms. The van der Waals surface area contributed by atoms with Gasteiger partial charge in [0.05, 0.1) is 0 Å². The molecule has 0 bridgehead atoms. The molecule has 0 amide bonds. The number of rotatable bonds is 0. The van der Waals surface area contributed by atoms with Crippen LogP contribution in [0.15, 0.2) is 0 Å². The Morgan fingerprint density at radius 2 is 0.714 bits per heavy atom. The van der Waals surface area contributed by atoms with E-state index in [9.17, 15) is 0 Å². The van der Waals surface area contributed by atoms with Crippen LogP contribution in [0.2, 0.25) is 0 Å². The van der Waals surface area contributed by atoms with Gasteiger partial charge < -0.3 is 11.0 Å². The quantitative estimate of drug-likeness (QED) is 0.499. The van der Waals surface area contributed by atoms with Crippen LogP contribution in [0, 0.1) is 24.5 Å². The zero-order valence-electron chi connectivity index (χ0n) is 3.13. The van der Waals surface area contributed by atoms with Gasteiger partial charge in [-0.3, -0.25) is 0 Å². The van der Waals surface area contributed by atoms with Gasteiger partial charge in [-0.1, -0.05) is 0 Å². The van der Waals surface area contributed by atoms with Crippen molar-refractivity contribution in [1.82, 2.24) is 0 Å². The van der Waals surface area contributed by atoms with Gasteiger partial charge in [-0.15, -0.1) is 0 Å². The van der Waals surface area contributed by atoms with Gasteiger partial charge in [0.2, 0.25) is 0 Å². The summed E-state index contributed by atoms with van der Waals surface area (Å²) < 4.78 is 34.7. The van der Waals surface area contributed by atoms with Gasteiger partial charge in [-0.05, 0) is 0 Å². The van der Waals surface area contributed by atoms with E-state index in [-0.39, 0.29) is 11.0 Å². The molecule has 4 N–H and O–H groups in total. The summed E-state index contributed by atoms with van der Waals surface area (Å²) in [7, 11) is 0. The molecule has 0 atom stereocenters. The fourth-order valence-electron chi connectivity index (χ4n) is 0. The van der Waals surface area contributed by atoms with Crippen LogP contribution in [0.5, 0.6) is 0 Å². The summed E-state index contributed by atoms with van der Waals surface area (Å²) >= 11 is -6.34. The topological polar surface area (TPSA) is 131 Å². The summed E-state index contributed by atoms with van der Waals surface area (Å²) in [6.07, 6.45) is 0. The standard InChI is InChI=1S/2H2O.4O.U/h2*1H2;;;;;. The molecule has 0 rings (SSSR count). The molecule has 0 aromatic carbocycles. The van der Waals surface area contributed by atoms with E-state index in [0.29, 0.717) is 0 Å². The summed E-state index contributed by atoms with van der Waals surface area (Å²) in [6.45, 7) is 0. The van der Waals surface area contributed by atoms with Gasteiger partial charge in [0, 0.05) is 0 Å². The van der Waals surface area contributed by atoms with Crippen molar-refractivity contribution in [2.45, 2.75) is 0 Å². The van der Waals surface area contributed by atoms with E-state index < -0.39 is 24.5 Å². The van der Waals surface area contributed by atoms with E-state index in [1.807, 2.05) is 0 Å². The van der Waals surface area contributed by atoms with Crippen molar-refractivity contribution in [2.24, 2.45) is 0 Å². The summed E-state index contributed by atoms with van der Waals surface area (Å²) in [6, 6.07) is 0. The Hall–Kier alpha value is 0.172. The SMILES string of the molecule is O.O.[O]=[U](=[O])(=[O])=[O]. The molecule has 0 radical (unpaired) electrons. The molecule has 0 aromatic heterocycles. The molecule has 0 aliphatic heterocycles. The fraction of sp³-hybridized carbons (Fsp3) is 0. The Kier molecular flexibility index (Phi) is 9.72. The second-order valence-corrected chi connectivity index (χ2v) is 4.66. The Morgan fingerprint density at radius 3 is 0.714 bits per heavy atom. The van der Waals surface area contributed by atoms with Crippen molar-refractivity contribution in [3.8, 4) is 0 Å². The van der Waals surface area contributed by atoms with Crippen LogP contribution in [0.1, 0.15) is 0 Å². The molecular formula is H4O6U. The van der Waals surface area contributed by atoms with E-state index in [1.54, 1.807) is 0 Å². The molecule has 0 aromatic rings. The third kappa shape index (κ3) is 3630. The van der Waals surface area contributed by atoms with Gasteiger partial charge >= 0.3 is 33.5 Å². The first-order valence-electron chi connectivity index (χ1n) is 0.816. The summed E-state index contributed by atoms with van der Waals surface area (Å²) in [5, 5.41) is 0. The second-order valence-electron chi connectivity index (χ2n) is 0.500. The number of hydrogen-bond acceptors (Lipinski definition) is 4. The van der Waals surface area contributed by atoms with E-state index in [0.717, 1.165) is 0 Å². The maximum absolute atomic E-state index is 8.67. The first kappa shape index (κ1) is 15.7. The molecule has 0 spiro atoms. The normalized spacial score (nSPS) is 8.00. The van der Waals surface area contributed by atoms with E-state index in [2.05, 4.69) is 0 Å². The van der Waals surface area contributed by atoms with E-state index in [1.165, 1.54) is 0 Å². The molecule has 0 unspecified atom stereocenters.